The quantitative estimate of drug-likeness (QED) is 0.847. The standard InChI is InChI=1S/C16H23NO2S/c1-2-20-15-9-5-7-13(15)17-16(19)11-10-12-6-3-4-8-14(12)18/h3-4,6,8,13,15,18H,2,5,7,9-11H2,1H3,(H,17,19)/t13-,15+/m0/s1. The van der Waals surface area contributed by atoms with Crippen molar-refractivity contribution in [3.8, 4) is 5.75 Å². The van der Waals surface area contributed by atoms with E-state index in [1.807, 2.05) is 23.9 Å². The molecule has 1 aliphatic rings. The van der Waals surface area contributed by atoms with Gasteiger partial charge >= 0.3 is 0 Å². The molecule has 2 atom stereocenters. The summed E-state index contributed by atoms with van der Waals surface area (Å²) < 4.78 is 0. The molecule has 1 aromatic rings. The molecule has 2 N–H and O–H groups in total. The van der Waals surface area contributed by atoms with Gasteiger partial charge in [-0.2, -0.15) is 11.8 Å². The predicted octanol–water partition coefficient (Wildman–Crippen LogP) is 3.12. The molecule has 1 amide bonds. The highest BCUT2D eigenvalue weighted by atomic mass is 32.2. The fourth-order valence-electron chi connectivity index (χ4n) is 2.75. The van der Waals surface area contributed by atoms with Gasteiger partial charge in [-0.05, 0) is 36.6 Å². The first-order valence-electron chi connectivity index (χ1n) is 7.38. The van der Waals surface area contributed by atoms with E-state index in [1.54, 1.807) is 12.1 Å². The van der Waals surface area contributed by atoms with Crippen molar-refractivity contribution in [2.24, 2.45) is 0 Å². The molecule has 0 aliphatic heterocycles. The number of hydrogen-bond donors (Lipinski definition) is 2. The van der Waals surface area contributed by atoms with E-state index in [4.69, 9.17) is 0 Å². The van der Waals surface area contributed by atoms with Crippen LogP contribution in [0.2, 0.25) is 0 Å². The van der Waals surface area contributed by atoms with E-state index in [2.05, 4.69) is 12.2 Å². The molecule has 0 bridgehead atoms. The molecule has 1 aliphatic carbocycles. The molecule has 1 saturated carbocycles. The van der Waals surface area contributed by atoms with Crippen molar-refractivity contribution < 1.29 is 9.90 Å². The maximum Gasteiger partial charge on any atom is 0.220 e. The highest BCUT2D eigenvalue weighted by Crippen LogP contribution is 2.30. The summed E-state index contributed by atoms with van der Waals surface area (Å²) in [5.41, 5.74) is 0.841. The fourth-order valence-corrected chi connectivity index (χ4v) is 3.95. The number of phenols is 1. The van der Waals surface area contributed by atoms with Crippen molar-refractivity contribution in [3.05, 3.63) is 29.8 Å². The first-order chi connectivity index (χ1) is 9.70. The van der Waals surface area contributed by atoms with Gasteiger partial charge < -0.3 is 10.4 Å². The molecule has 2 rings (SSSR count). The Kier molecular flexibility index (Phi) is 5.77. The number of carbonyl (C=O) groups is 1. The minimum Gasteiger partial charge on any atom is -0.508 e. The third kappa shape index (κ3) is 4.17. The van der Waals surface area contributed by atoms with Crippen molar-refractivity contribution in [2.45, 2.75) is 50.3 Å². The van der Waals surface area contributed by atoms with Crippen molar-refractivity contribution in [1.29, 1.82) is 0 Å². The molecule has 0 unspecified atom stereocenters. The lowest BCUT2D eigenvalue weighted by Crippen LogP contribution is -2.38. The van der Waals surface area contributed by atoms with Gasteiger partial charge in [-0.25, -0.2) is 0 Å². The van der Waals surface area contributed by atoms with Crippen LogP contribution in [-0.4, -0.2) is 28.1 Å². The van der Waals surface area contributed by atoms with Crippen LogP contribution in [-0.2, 0) is 11.2 Å². The van der Waals surface area contributed by atoms with Crippen LogP contribution in [0.15, 0.2) is 24.3 Å². The molecule has 4 heteroatoms. The number of benzene rings is 1. The van der Waals surface area contributed by atoms with E-state index >= 15 is 0 Å². The predicted molar refractivity (Wildman–Crippen MR) is 84.1 cm³/mol. The van der Waals surface area contributed by atoms with Crippen LogP contribution < -0.4 is 5.32 Å². The number of carbonyl (C=O) groups excluding carboxylic acids is 1. The Morgan fingerprint density at radius 2 is 2.20 bits per heavy atom. The third-order valence-corrected chi connectivity index (χ3v) is 5.12. The second-order valence-electron chi connectivity index (χ2n) is 5.23. The summed E-state index contributed by atoms with van der Waals surface area (Å²) in [6.45, 7) is 2.17. The molecule has 110 valence electrons. The van der Waals surface area contributed by atoms with E-state index in [0.717, 1.165) is 17.7 Å². The maximum atomic E-state index is 12.0. The molecule has 0 heterocycles. The summed E-state index contributed by atoms with van der Waals surface area (Å²) in [5, 5.41) is 13.4. The van der Waals surface area contributed by atoms with Crippen LogP contribution in [0.5, 0.6) is 5.75 Å². The average molecular weight is 293 g/mol. The second kappa shape index (κ2) is 7.58. The van der Waals surface area contributed by atoms with Crippen LogP contribution in [0.1, 0.15) is 38.2 Å². The largest absolute Gasteiger partial charge is 0.508 e. The van der Waals surface area contributed by atoms with Crippen molar-refractivity contribution in [1.82, 2.24) is 5.32 Å². The van der Waals surface area contributed by atoms with E-state index in [1.165, 1.54) is 12.8 Å². The molecule has 3 nitrogen and oxygen atoms in total. The number of nitrogens with one attached hydrogen (secondary N) is 1. The highest BCUT2D eigenvalue weighted by Gasteiger charge is 2.28. The summed E-state index contributed by atoms with van der Waals surface area (Å²) >= 11 is 1.95. The first kappa shape index (κ1) is 15.2. The lowest BCUT2D eigenvalue weighted by atomic mass is 10.1. The zero-order valence-electron chi connectivity index (χ0n) is 12.0. The van der Waals surface area contributed by atoms with Gasteiger partial charge in [0.25, 0.3) is 0 Å². The first-order valence-corrected chi connectivity index (χ1v) is 8.43. The lowest BCUT2D eigenvalue weighted by Gasteiger charge is -2.20. The van der Waals surface area contributed by atoms with Gasteiger partial charge in [-0.3, -0.25) is 4.79 Å². The van der Waals surface area contributed by atoms with Gasteiger partial charge in [0, 0.05) is 17.7 Å². The van der Waals surface area contributed by atoms with Crippen LogP contribution in [0.3, 0.4) is 0 Å². The minimum absolute atomic E-state index is 0.0989. The number of aryl methyl sites for hydroxylation is 1. The van der Waals surface area contributed by atoms with Gasteiger partial charge in [-0.15, -0.1) is 0 Å². The Hall–Kier alpha value is -1.16. The van der Waals surface area contributed by atoms with Gasteiger partial charge in [-0.1, -0.05) is 31.5 Å². The number of aromatic hydroxyl groups is 1. The van der Waals surface area contributed by atoms with E-state index in [9.17, 15) is 9.90 Å². The molecule has 0 saturated heterocycles. The minimum atomic E-state index is 0.0989. The summed E-state index contributed by atoms with van der Waals surface area (Å²) in [5.74, 6) is 1.48. The smallest absolute Gasteiger partial charge is 0.220 e. The Labute approximate surface area is 125 Å². The van der Waals surface area contributed by atoms with Gasteiger partial charge in [0.15, 0.2) is 0 Å². The topological polar surface area (TPSA) is 49.3 Å². The van der Waals surface area contributed by atoms with Gasteiger partial charge in [0.05, 0.1) is 0 Å². The van der Waals surface area contributed by atoms with E-state index < -0.39 is 0 Å². The molecule has 0 radical (unpaired) electrons. The second-order valence-corrected chi connectivity index (χ2v) is 6.74. The maximum absolute atomic E-state index is 12.0. The number of amides is 1. The van der Waals surface area contributed by atoms with Gasteiger partial charge in [0.1, 0.15) is 5.75 Å². The summed E-state index contributed by atoms with van der Waals surface area (Å²) in [7, 11) is 0. The van der Waals surface area contributed by atoms with E-state index in [-0.39, 0.29) is 11.7 Å². The zero-order valence-corrected chi connectivity index (χ0v) is 12.8. The summed E-state index contributed by atoms with van der Waals surface area (Å²) in [6, 6.07) is 7.55. The number of thioether (sulfide) groups is 1. The Balaban J connectivity index is 1.79. The molecular formula is C16H23NO2S. The summed E-state index contributed by atoms with van der Waals surface area (Å²) in [4.78, 5) is 12.0. The van der Waals surface area contributed by atoms with Crippen molar-refractivity contribution in [3.63, 3.8) is 0 Å². The van der Waals surface area contributed by atoms with Crippen LogP contribution in [0, 0.1) is 0 Å². The van der Waals surface area contributed by atoms with Crippen LogP contribution >= 0.6 is 11.8 Å². The monoisotopic (exact) mass is 293 g/mol. The number of rotatable bonds is 6. The lowest BCUT2D eigenvalue weighted by molar-refractivity contribution is -0.121. The normalized spacial score (nSPS) is 21.9. The fraction of sp³-hybridized carbons (Fsp3) is 0.562. The SMILES string of the molecule is CCS[C@@H]1CCC[C@@H]1NC(=O)CCc1ccccc1O. The Bertz CT molecular complexity index is 450. The molecular weight excluding hydrogens is 270 g/mol. The van der Waals surface area contributed by atoms with Crippen molar-refractivity contribution in [2.75, 3.05) is 5.75 Å². The van der Waals surface area contributed by atoms with Crippen molar-refractivity contribution >= 4 is 17.7 Å². The molecule has 1 aromatic carbocycles. The molecule has 0 spiro atoms. The van der Waals surface area contributed by atoms with Crippen LogP contribution in [0.25, 0.3) is 0 Å². The number of phenolic OH excluding ortho intramolecular Hbond substituents is 1. The zero-order chi connectivity index (χ0) is 14.4. The molecule has 0 aromatic heterocycles. The highest BCUT2D eigenvalue weighted by molar-refractivity contribution is 7.99. The third-order valence-electron chi connectivity index (χ3n) is 3.79. The van der Waals surface area contributed by atoms with Crippen LogP contribution in [0.4, 0.5) is 0 Å². The number of para-hydroxylation sites is 1. The van der Waals surface area contributed by atoms with E-state index in [0.29, 0.717) is 24.1 Å². The average Bonchev–Trinajstić information content (AvgIpc) is 2.86. The Morgan fingerprint density at radius 3 is 2.95 bits per heavy atom. The Morgan fingerprint density at radius 1 is 1.40 bits per heavy atom. The molecule has 20 heavy (non-hydrogen) atoms. The van der Waals surface area contributed by atoms with Gasteiger partial charge in [0.2, 0.25) is 5.91 Å². The number of hydrogen-bond acceptors (Lipinski definition) is 3. The summed E-state index contributed by atoms with van der Waals surface area (Å²) in [6.07, 6.45) is 4.55. The molecule has 1 fully saturated rings.